The minimum Gasteiger partial charge on any atom is -0.481 e. The molecule has 1 fully saturated rings. The van der Waals surface area contributed by atoms with Crippen molar-refractivity contribution in [1.29, 1.82) is 0 Å². The third-order valence-electron chi connectivity index (χ3n) is 3.94. The van der Waals surface area contributed by atoms with Crippen LogP contribution in [0.25, 0.3) is 0 Å². The van der Waals surface area contributed by atoms with E-state index in [0.717, 1.165) is 0 Å². The van der Waals surface area contributed by atoms with Gasteiger partial charge in [0, 0.05) is 29.9 Å². The van der Waals surface area contributed by atoms with E-state index in [1.807, 2.05) is 0 Å². The quantitative estimate of drug-likeness (QED) is 0.922. The van der Waals surface area contributed by atoms with E-state index >= 15 is 0 Å². The molecule has 128 valence electrons. The van der Waals surface area contributed by atoms with Crippen LogP contribution in [0.1, 0.15) is 28.9 Å². The van der Waals surface area contributed by atoms with Crippen molar-refractivity contribution in [2.75, 3.05) is 20.7 Å². The van der Waals surface area contributed by atoms with Crippen molar-refractivity contribution in [1.82, 2.24) is 15.2 Å². The molecule has 0 radical (unpaired) electrons. The summed E-state index contributed by atoms with van der Waals surface area (Å²) in [5.74, 6) is -0.00861. The zero-order chi connectivity index (χ0) is 17.2. The molecule has 1 aliphatic heterocycles. The maximum absolute atomic E-state index is 12.8. The summed E-state index contributed by atoms with van der Waals surface area (Å²) < 4.78 is 43.5. The second-order valence-corrected chi connectivity index (χ2v) is 5.78. The fourth-order valence-electron chi connectivity index (χ4n) is 2.82. The Morgan fingerprint density at radius 3 is 2.65 bits per heavy atom. The molecule has 1 aliphatic rings. The number of nitrogens with zero attached hydrogens (tertiary/aromatic N) is 2. The smallest absolute Gasteiger partial charge is 0.404 e. The van der Waals surface area contributed by atoms with Gasteiger partial charge < -0.3 is 10.1 Å². The summed E-state index contributed by atoms with van der Waals surface area (Å²) in [4.78, 5) is 17.6. The number of likely N-dealkylation sites (N-methyl/N-ethyl adjacent to an activating group) is 1. The van der Waals surface area contributed by atoms with E-state index in [2.05, 4.69) is 10.3 Å². The van der Waals surface area contributed by atoms with Gasteiger partial charge in [-0.05, 0) is 32.9 Å². The molecule has 5 nitrogen and oxygen atoms in total. The molecule has 23 heavy (non-hydrogen) atoms. The highest BCUT2D eigenvalue weighted by Crippen LogP contribution is 2.30. The molecule has 2 atom stereocenters. The second kappa shape index (κ2) is 6.74. The normalized spacial score (nSPS) is 22.7. The molecule has 0 aromatic carbocycles. The third kappa shape index (κ3) is 4.34. The third-order valence-corrected chi connectivity index (χ3v) is 3.94. The Hall–Kier alpha value is -1.83. The molecule has 0 saturated carbocycles. The zero-order valence-electron chi connectivity index (χ0n) is 13.3. The van der Waals surface area contributed by atoms with Crippen LogP contribution < -0.4 is 10.1 Å². The van der Waals surface area contributed by atoms with Gasteiger partial charge in [-0.15, -0.1) is 0 Å². The van der Waals surface area contributed by atoms with Crippen molar-refractivity contribution >= 4 is 5.91 Å². The topological polar surface area (TPSA) is 54.5 Å². The highest BCUT2D eigenvalue weighted by Gasteiger charge is 2.44. The Labute approximate surface area is 132 Å². The predicted molar refractivity (Wildman–Crippen MR) is 78.5 cm³/mol. The number of halogens is 3. The molecule has 1 aromatic rings. The van der Waals surface area contributed by atoms with Crippen LogP contribution >= 0.6 is 0 Å². The number of methoxy groups -OCH3 is 1. The first-order valence-electron chi connectivity index (χ1n) is 7.31. The summed E-state index contributed by atoms with van der Waals surface area (Å²) in [6.45, 7) is 1.90. The van der Waals surface area contributed by atoms with Gasteiger partial charge in [0.2, 0.25) is 5.88 Å². The van der Waals surface area contributed by atoms with Gasteiger partial charge in [-0.1, -0.05) is 0 Å². The minimum atomic E-state index is -4.24. The van der Waals surface area contributed by atoms with E-state index in [1.54, 1.807) is 13.0 Å². The van der Waals surface area contributed by atoms with Gasteiger partial charge >= 0.3 is 6.18 Å². The average Bonchev–Trinajstić information content (AvgIpc) is 2.45. The molecule has 0 aliphatic carbocycles. The lowest BCUT2D eigenvalue weighted by atomic mass is 9.98. The molecule has 1 amide bonds. The number of alkyl halides is 3. The van der Waals surface area contributed by atoms with Crippen molar-refractivity contribution in [3.8, 4) is 5.88 Å². The highest BCUT2D eigenvalue weighted by atomic mass is 19.4. The van der Waals surface area contributed by atoms with Crippen LogP contribution in [0.2, 0.25) is 0 Å². The first-order valence-corrected chi connectivity index (χ1v) is 7.31. The molecule has 1 N–H and O–H groups in total. The van der Waals surface area contributed by atoms with E-state index in [4.69, 9.17) is 4.74 Å². The molecular weight excluding hydrogens is 311 g/mol. The second-order valence-electron chi connectivity index (χ2n) is 5.78. The molecule has 0 unspecified atom stereocenters. The molecule has 1 saturated heterocycles. The molecule has 0 spiro atoms. The summed E-state index contributed by atoms with van der Waals surface area (Å²) in [5.41, 5.74) is 1.02. The highest BCUT2D eigenvalue weighted by molar-refractivity contribution is 5.94. The summed E-state index contributed by atoms with van der Waals surface area (Å²) in [7, 11) is 2.88. The first kappa shape index (κ1) is 17.5. The van der Waals surface area contributed by atoms with Gasteiger partial charge in [-0.25, -0.2) is 4.98 Å². The minimum absolute atomic E-state index is 0.0242. The van der Waals surface area contributed by atoms with Gasteiger partial charge in [0.1, 0.15) is 6.04 Å². The van der Waals surface area contributed by atoms with Gasteiger partial charge in [0.25, 0.3) is 5.91 Å². The number of hydrogen-bond acceptors (Lipinski definition) is 4. The van der Waals surface area contributed by atoms with Crippen LogP contribution in [0.4, 0.5) is 13.2 Å². The Kier molecular flexibility index (Phi) is 5.13. The fourth-order valence-corrected chi connectivity index (χ4v) is 2.82. The molecule has 8 heteroatoms. The van der Waals surface area contributed by atoms with Gasteiger partial charge in [-0.2, -0.15) is 13.2 Å². The van der Waals surface area contributed by atoms with Crippen molar-refractivity contribution < 1.29 is 22.7 Å². The van der Waals surface area contributed by atoms with Crippen LogP contribution in [0, 0.1) is 6.92 Å². The summed E-state index contributed by atoms with van der Waals surface area (Å²) in [5, 5.41) is 2.78. The maximum Gasteiger partial charge on any atom is 0.404 e. The number of pyridine rings is 1. The molecule has 2 rings (SSSR count). The van der Waals surface area contributed by atoms with Crippen molar-refractivity contribution in [2.24, 2.45) is 0 Å². The van der Waals surface area contributed by atoms with Gasteiger partial charge in [0.15, 0.2) is 0 Å². The molecular formula is C15H20F3N3O2. The molecule has 1 aromatic heterocycles. The van der Waals surface area contributed by atoms with Crippen LogP contribution in [-0.4, -0.2) is 54.8 Å². The molecule has 0 bridgehead atoms. The lowest BCUT2D eigenvalue weighted by Crippen LogP contribution is -2.54. The average molecular weight is 331 g/mol. The number of amides is 1. The number of nitrogens with one attached hydrogen (secondary N) is 1. The summed E-state index contributed by atoms with van der Waals surface area (Å²) in [6, 6.07) is 1.36. The number of piperidine rings is 1. The van der Waals surface area contributed by atoms with Crippen LogP contribution in [-0.2, 0) is 0 Å². The number of likely N-dealkylation sites (tertiary alicyclic amines) is 1. The van der Waals surface area contributed by atoms with E-state index < -0.39 is 12.2 Å². The van der Waals surface area contributed by atoms with E-state index in [-0.39, 0.29) is 24.9 Å². The van der Waals surface area contributed by atoms with Gasteiger partial charge in [-0.3, -0.25) is 9.69 Å². The monoisotopic (exact) mass is 331 g/mol. The van der Waals surface area contributed by atoms with E-state index in [9.17, 15) is 18.0 Å². The van der Waals surface area contributed by atoms with E-state index in [1.165, 1.54) is 25.1 Å². The standard InChI is InChI=1S/C15H20F3N3O2/c1-9-6-10(7-13(19-9)23-3)14(22)20-11-4-5-12(15(16,17)18)21(2)8-11/h6-7,11-12H,4-5,8H2,1-3H3,(H,20,22)/t11-,12+/m0/s1. The Morgan fingerprint density at radius 2 is 2.09 bits per heavy atom. The number of aromatic nitrogens is 1. The number of carbonyl (C=O) groups is 1. The fraction of sp³-hybridized carbons (Fsp3) is 0.600. The van der Waals surface area contributed by atoms with E-state index in [0.29, 0.717) is 23.6 Å². The lowest BCUT2D eigenvalue weighted by molar-refractivity contribution is -0.188. The number of ether oxygens (including phenoxy) is 1. The zero-order valence-corrected chi connectivity index (χ0v) is 13.3. The number of carbonyl (C=O) groups excluding carboxylic acids is 1. The number of rotatable bonds is 3. The van der Waals surface area contributed by atoms with Crippen molar-refractivity contribution in [3.05, 3.63) is 23.4 Å². The summed E-state index contributed by atoms with van der Waals surface area (Å²) >= 11 is 0. The van der Waals surface area contributed by atoms with Crippen LogP contribution in [0.5, 0.6) is 5.88 Å². The SMILES string of the molecule is COc1cc(C(=O)N[C@H]2CC[C@H](C(F)(F)F)N(C)C2)cc(C)n1. The largest absolute Gasteiger partial charge is 0.481 e. The van der Waals surface area contributed by atoms with Gasteiger partial charge in [0.05, 0.1) is 7.11 Å². The Morgan fingerprint density at radius 1 is 1.39 bits per heavy atom. The Bertz CT molecular complexity index is 578. The maximum atomic E-state index is 12.8. The van der Waals surface area contributed by atoms with Crippen LogP contribution in [0.15, 0.2) is 12.1 Å². The summed E-state index contributed by atoms with van der Waals surface area (Å²) in [6.07, 6.45) is -3.97. The predicted octanol–water partition coefficient (Wildman–Crippen LogP) is 2.15. The van der Waals surface area contributed by atoms with Crippen LogP contribution in [0.3, 0.4) is 0 Å². The number of hydrogen-bond donors (Lipinski definition) is 1. The van der Waals surface area contributed by atoms with Crippen molar-refractivity contribution in [3.63, 3.8) is 0 Å². The number of aryl methyl sites for hydroxylation is 1. The molecule has 2 heterocycles. The first-order chi connectivity index (χ1) is 10.7. The lowest BCUT2D eigenvalue weighted by Gasteiger charge is -2.38. The Balaban J connectivity index is 2.01. The van der Waals surface area contributed by atoms with Crippen molar-refractivity contribution in [2.45, 2.75) is 38.0 Å².